The van der Waals surface area contributed by atoms with Gasteiger partial charge in [-0.05, 0) is 67.5 Å². The first kappa shape index (κ1) is 18.8. The molecule has 2 unspecified atom stereocenters. The lowest BCUT2D eigenvalue weighted by Gasteiger charge is -2.19. The van der Waals surface area contributed by atoms with Gasteiger partial charge in [0.2, 0.25) is 0 Å². The Kier molecular flexibility index (Phi) is 5.81. The van der Waals surface area contributed by atoms with Crippen molar-refractivity contribution in [1.82, 2.24) is 5.32 Å². The third kappa shape index (κ3) is 4.65. The molecule has 1 heterocycles. The van der Waals surface area contributed by atoms with Crippen LogP contribution in [-0.4, -0.2) is 32.3 Å². The van der Waals surface area contributed by atoms with Gasteiger partial charge in [-0.15, -0.1) is 0 Å². The van der Waals surface area contributed by atoms with Crippen molar-refractivity contribution in [2.24, 2.45) is 5.92 Å². The second-order valence-corrected chi connectivity index (χ2v) is 7.54. The minimum Gasteiger partial charge on any atom is -0.497 e. The van der Waals surface area contributed by atoms with Gasteiger partial charge in [0, 0.05) is 12.2 Å². The minimum absolute atomic E-state index is 0.0230. The third-order valence-electron chi connectivity index (χ3n) is 5.41. The monoisotopic (exact) mass is 381 g/mol. The van der Waals surface area contributed by atoms with Crippen molar-refractivity contribution in [3.05, 3.63) is 59.7 Å². The van der Waals surface area contributed by atoms with Gasteiger partial charge in [-0.1, -0.05) is 18.2 Å². The van der Waals surface area contributed by atoms with Crippen molar-refractivity contribution in [2.75, 3.05) is 20.3 Å². The number of hydrogen-bond acceptors (Lipinski definition) is 4. The van der Waals surface area contributed by atoms with Crippen LogP contribution < -0.4 is 14.8 Å². The average molecular weight is 381 g/mol. The van der Waals surface area contributed by atoms with Gasteiger partial charge in [-0.25, -0.2) is 0 Å². The van der Waals surface area contributed by atoms with Crippen LogP contribution in [0.5, 0.6) is 11.5 Å². The van der Waals surface area contributed by atoms with Crippen LogP contribution in [0.2, 0.25) is 0 Å². The topological polar surface area (TPSA) is 56.8 Å². The Bertz CT molecular complexity index is 795. The number of rotatable bonds is 8. The number of carbonyl (C=O) groups excluding carboxylic acids is 1. The van der Waals surface area contributed by atoms with Gasteiger partial charge in [0.1, 0.15) is 18.1 Å². The molecular weight excluding hydrogens is 354 g/mol. The average Bonchev–Trinajstić information content (AvgIpc) is 3.45. The molecule has 1 aliphatic carbocycles. The van der Waals surface area contributed by atoms with Crippen molar-refractivity contribution in [3.8, 4) is 11.5 Å². The molecule has 5 nitrogen and oxygen atoms in total. The van der Waals surface area contributed by atoms with Crippen LogP contribution in [0.15, 0.2) is 48.5 Å². The largest absolute Gasteiger partial charge is 0.497 e. The Morgan fingerprint density at radius 1 is 1.14 bits per heavy atom. The van der Waals surface area contributed by atoms with Crippen LogP contribution in [0, 0.1) is 5.92 Å². The minimum atomic E-state index is -0.0738. The van der Waals surface area contributed by atoms with Gasteiger partial charge >= 0.3 is 0 Å². The Hall–Kier alpha value is -2.53. The first-order valence-corrected chi connectivity index (χ1v) is 10.0. The molecule has 1 aliphatic heterocycles. The molecule has 0 spiro atoms. The van der Waals surface area contributed by atoms with E-state index in [4.69, 9.17) is 14.2 Å². The van der Waals surface area contributed by atoms with E-state index in [9.17, 15) is 4.79 Å². The summed E-state index contributed by atoms with van der Waals surface area (Å²) in [6, 6.07) is 15.3. The third-order valence-corrected chi connectivity index (χ3v) is 5.41. The fourth-order valence-corrected chi connectivity index (χ4v) is 3.63. The summed E-state index contributed by atoms with van der Waals surface area (Å²) in [5.74, 6) is 1.95. The molecule has 28 heavy (non-hydrogen) atoms. The standard InChI is InChI=1S/C23H27NO4/c1-26-19-11-9-17(10-12-19)22(16-7-8-16)24-23(25)18-4-2-5-20(14-18)28-15-21-6-3-13-27-21/h2,4-5,9-12,14,16,21-22H,3,6-8,13,15H2,1H3,(H,24,25). The highest BCUT2D eigenvalue weighted by Gasteiger charge is 2.33. The quantitative estimate of drug-likeness (QED) is 0.747. The number of hydrogen-bond donors (Lipinski definition) is 1. The molecule has 2 aliphatic rings. The first-order chi connectivity index (χ1) is 13.7. The maximum Gasteiger partial charge on any atom is 0.251 e. The van der Waals surface area contributed by atoms with Gasteiger partial charge in [0.05, 0.1) is 19.3 Å². The van der Waals surface area contributed by atoms with Crippen LogP contribution in [0.4, 0.5) is 0 Å². The summed E-state index contributed by atoms with van der Waals surface area (Å²) in [6.45, 7) is 1.34. The number of amides is 1. The molecular formula is C23H27NO4. The van der Waals surface area contributed by atoms with Crippen molar-refractivity contribution >= 4 is 5.91 Å². The van der Waals surface area contributed by atoms with E-state index in [-0.39, 0.29) is 18.1 Å². The lowest BCUT2D eigenvalue weighted by molar-refractivity contribution is 0.0679. The van der Waals surface area contributed by atoms with Crippen molar-refractivity contribution in [3.63, 3.8) is 0 Å². The predicted octanol–water partition coefficient (Wildman–Crippen LogP) is 4.13. The van der Waals surface area contributed by atoms with Crippen LogP contribution in [0.25, 0.3) is 0 Å². The summed E-state index contributed by atoms with van der Waals surface area (Å²) < 4.78 is 16.7. The highest BCUT2D eigenvalue weighted by Crippen LogP contribution is 2.41. The lowest BCUT2D eigenvalue weighted by Crippen LogP contribution is -2.29. The van der Waals surface area contributed by atoms with Crippen LogP contribution in [-0.2, 0) is 4.74 Å². The molecule has 1 N–H and O–H groups in total. The molecule has 2 fully saturated rings. The Morgan fingerprint density at radius 2 is 1.96 bits per heavy atom. The van der Waals surface area contributed by atoms with Gasteiger partial charge in [0.25, 0.3) is 5.91 Å². The summed E-state index contributed by atoms with van der Waals surface area (Å²) in [5.41, 5.74) is 1.73. The summed E-state index contributed by atoms with van der Waals surface area (Å²) in [5, 5.41) is 3.21. The zero-order valence-electron chi connectivity index (χ0n) is 16.2. The summed E-state index contributed by atoms with van der Waals surface area (Å²) >= 11 is 0. The first-order valence-electron chi connectivity index (χ1n) is 10.0. The summed E-state index contributed by atoms with van der Waals surface area (Å²) in [6.07, 6.45) is 4.56. The Morgan fingerprint density at radius 3 is 2.64 bits per heavy atom. The summed E-state index contributed by atoms with van der Waals surface area (Å²) in [7, 11) is 1.66. The second-order valence-electron chi connectivity index (χ2n) is 7.54. The van der Waals surface area contributed by atoms with E-state index in [1.807, 2.05) is 48.5 Å². The van der Waals surface area contributed by atoms with Gasteiger partial charge < -0.3 is 19.5 Å². The fraction of sp³-hybridized carbons (Fsp3) is 0.435. The van der Waals surface area contributed by atoms with E-state index in [0.717, 1.165) is 43.6 Å². The van der Waals surface area contributed by atoms with Crippen molar-refractivity contribution in [2.45, 2.75) is 37.8 Å². The maximum absolute atomic E-state index is 12.9. The molecule has 5 heteroatoms. The molecule has 0 bridgehead atoms. The number of benzene rings is 2. The van der Waals surface area contributed by atoms with E-state index in [0.29, 0.717) is 23.8 Å². The van der Waals surface area contributed by atoms with Crippen LogP contribution in [0.1, 0.15) is 47.6 Å². The number of carbonyl (C=O) groups is 1. The molecule has 1 saturated carbocycles. The van der Waals surface area contributed by atoms with Gasteiger partial charge in [-0.2, -0.15) is 0 Å². The van der Waals surface area contributed by atoms with E-state index in [1.54, 1.807) is 7.11 Å². The molecule has 148 valence electrons. The van der Waals surface area contributed by atoms with E-state index in [1.165, 1.54) is 0 Å². The normalized spacial score (nSPS) is 19.8. The Labute approximate surface area is 166 Å². The zero-order valence-corrected chi connectivity index (χ0v) is 16.2. The fourth-order valence-electron chi connectivity index (χ4n) is 3.63. The van der Waals surface area contributed by atoms with Crippen LogP contribution >= 0.6 is 0 Å². The van der Waals surface area contributed by atoms with E-state index in [2.05, 4.69) is 5.32 Å². The molecule has 0 radical (unpaired) electrons. The molecule has 0 aromatic heterocycles. The SMILES string of the molecule is COc1ccc(C(NC(=O)c2cccc(OCC3CCCO3)c2)C2CC2)cc1. The number of ether oxygens (including phenoxy) is 3. The maximum atomic E-state index is 12.9. The summed E-state index contributed by atoms with van der Waals surface area (Å²) in [4.78, 5) is 12.9. The lowest BCUT2D eigenvalue weighted by atomic mass is 10.0. The van der Waals surface area contributed by atoms with Crippen molar-refractivity contribution in [1.29, 1.82) is 0 Å². The molecule has 1 saturated heterocycles. The molecule has 1 amide bonds. The molecule has 2 aromatic rings. The smallest absolute Gasteiger partial charge is 0.251 e. The zero-order chi connectivity index (χ0) is 19.3. The van der Waals surface area contributed by atoms with Gasteiger partial charge in [-0.3, -0.25) is 4.79 Å². The highest BCUT2D eigenvalue weighted by atomic mass is 16.5. The van der Waals surface area contributed by atoms with E-state index < -0.39 is 0 Å². The number of methoxy groups -OCH3 is 1. The highest BCUT2D eigenvalue weighted by molar-refractivity contribution is 5.94. The van der Waals surface area contributed by atoms with Crippen molar-refractivity contribution < 1.29 is 19.0 Å². The molecule has 2 atom stereocenters. The molecule has 4 rings (SSSR count). The predicted molar refractivity (Wildman–Crippen MR) is 107 cm³/mol. The second kappa shape index (κ2) is 8.65. The van der Waals surface area contributed by atoms with E-state index >= 15 is 0 Å². The van der Waals surface area contributed by atoms with Crippen LogP contribution in [0.3, 0.4) is 0 Å². The molecule has 2 aromatic carbocycles. The Balaban J connectivity index is 1.41. The van der Waals surface area contributed by atoms with Gasteiger partial charge in [0.15, 0.2) is 0 Å². The number of nitrogens with one attached hydrogen (secondary N) is 1.